The molecule has 1 amide bonds. The van der Waals surface area contributed by atoms with Crippen molar-refractivity contribution < 1.29 is 14.3 Å². The van der Waals surface area contributed by atoms with E-state index in [0.29, 0.717) is 18.0 Å². The molecule has 1 N–H and O–H groups in total. The van der Waals surface area contributed by atoms with Crippen molar-refractivity contribution in [3.63, 3.8) is 0 Å². The molecule has 2 heterocycles. The minimum absolute atomic E-state index is 0.0710. The molecule has 0 aliphatic rings. The molecule has 0 aliphatic carbocycles. The number of nitrogens with zero attached hydrogens (tertiary/aromatic N) is 1. The molecule has 0 fully saturated rings. The number of nitrogens with one attached hydrogen (secondary N) is 1. The van der Waals surface area contributed by atoms with Crippen LogP contribution in [0.5, 0.6) is 11.5 Å². The molecule has 0 aliphatic heterocycles. The zero-order valence-electron chi connectivity index (χ0n) is 13.8. The molecule has 25 heavy (non-hydrogen) atoms. The van der Waals surface area contributed by atoms with Crippen molar-refractivity contribution in [1.29, 1.82) is 0 Å². The third-order valence-electron chi connectivity index (χ3n) is 3.52. The first-order valence-electron chi connectivity index (χ1n) is 7.76. The second-order valence-electron chi connectivity index (χ2n) is 5.28. The van der Waals surface area contributed by atoms with Gasteiger partial charge in [-0.15, -0.1) is 11.3 Å². The van der Waals surface area contributed by atoms with E-state index in [2.05, 4.69) is 10.3 Å². The van der Waals surface area contributed by atoms with E-state index in [9.17, 15) is 4.79 Å². The van der Waals surface area contributed by atoms with Crippen molar-refractivity contribution in [2.45, 2.75) is 6.54 Å². The van der Waals surface area contributed by atoms with Crippen LogP contribution < -0.4 is 14.8 Å². The summed E-state index contributed by atoms with van der Waals surface area (Å²) in [5.74, 6) is 0.942. The number of thiophene rings is 1. The van der Waals surface area contributed by atoms with Gasteiger partial charge in [0.15, 0.2) is 18.1 Å². The SMILES string of the molecule is COc1ccccc1OCC(=O)NCc1cncc(-c2cccs2)c1. The summed E-state index contributed by atoms with van der Waals surface area (Å²) in [7, 11) is 1.57. The van der Waals surface area contributed by atoms with Gasteiger partial charge >= 0.3 is 0 Å². The van der Waals surface area contributed by atoms with E-state index < -0.39 is 0 Å². The highest BCUT2D eigenvalue weighted by Gasteiger charge is 2.07. The lowest BCUT2D eigenvalue weighted by Crippen LogP contribution is -2.28. The van der Waals surface area contributed by atoms with Gasteiger partial charge in [-0.2, -0.15) is 0 Å². The molecule has 0 unspecified atom stereocenters. The maximum Gasteiger partial charge on any atom is 0.258 e. The second kappa shape index (κ2) is 8.30. The fourth-order valence-corrected chi connectivity index (χ4v) is 3.00. The maximum atomic E-state index is 12.0. The van der Waals surface area contributed by atoms with Gasteiger partial charge in [-0.05, 0) is 35.2 Å². The number of ether oxygens (including phenoxy) is 2. The quantitative estimate of drug-likeness (QED) is 0.705. The van der Waals surface area contributed by atoms with Gasteiger partial charge < -0.3 is 14.8 Å². The molecule has 3 aromatic rings. The highest BCUT2D eigenvalue weighted by Crippen LogP contribution is 2.26. The summed E-state index contributed by atoms with van der Waals surface area (Å²) in [6, 6.07) is 13.3. The molecule has 0 atom stereocenters. The van der Waals surface area contributed by atoms with E-state index >= 15 is 0 Å². The van der Waals surface area contributed by atoms with Crippen molar-refractivity contribution in [2.24, 2.45) is 0 Å². The molecule has 0 radical (unpaired) electrons. The van der Waals surface area contributed by atoms with Gasteiger partial charge in [0.05, 0.1) is 7.11 Å². The first-order chi connectivity index (χ1) is 12.3. The Labute approximate surface area is 150 Å². The summed E-state index contributed by atoms with van der Waals surface area (Å²) in [5, 5.41) is 4.86. The Hall–Kier alpha value is -2.86. The molecule has 0 saturated carbocycles. The third kappa shape index (κ3) is 4.58. The Morgan fingerprint density at radius 2 is 2.00 bits per heavy atom. The summed E-state index contributed by atoms with van der Waals surface area (Å²) in [4.78, 5) is 17.4. The van der Waals surface area contributed by atoms with E-state index in [1.165, 1.54) is 0 Å². The fraction of sp³-hybridized carbons (Fsp3) is 0.158. The minimum Gasteiger partial charge on any atom is -0.493 e. The zero-order chi connectivity index (χ0) is 17.5. The van der Waals surface area contributed by atoms with Crippen molar-refractivity contribution in [2.75, 3.05) is 13.7 Å². The molecular formula is C19H18N2O3S. The summed E-state index contributed by atoms with van der Waals surface area (Å²) in [5.41, 5.74) is 1.99. The number of amides is 1. The van der Waals surface area contributed by atoms with Gasteiger partial charge in [0.25, 0.3) is 5.91 Å². The third-order valence-corrected chi connectivity index (χ3v) is 4.44. The predicted molar refractivity (Wildman–Crippen MR) is 97.9 cm³/mol. The summed E-state index contributed by atoms with van der Waals surface area (Å²) >= 11 is 1.66. The van der Waals surface area contributed by atoms with Crippen LogP contribution in [0.4, 0.5) is 0 Å². The van der Waals surface area contributed by atoms with Crippen LogP contribution in [0.2, 0.25) is 0 Å². The molecule has 6 heteroatoms. The van der Waals surface area contributed by atoms with Crippen LogP contribution in [0, 0.1) is 0 Å². The van der Waals surface area contributed by atoms with E-state index in [1.54, 1.807) is 36.8 Å². The normalized spacial score (nSPS) is 10.3. The van der Waals surface area contributed by atoms with Crippen LogP contribution in [0.1, 0.15) is 5.56 Å². The Bertz CT molecular complexity index is 834. The monoisotopic (exact) mass is 354 g/mol. The van der Waals surface area contributed by atoms with E-state index in [0.717, 1.165) is 16.0 Å². The van der Waals surface area contributed by atoms with Gasteiger partial charge in [-0.25, -0.2) is 0 Å². The van der Waals surface area contributed by atoms with Crippen LogP contribution >= 0.6 is 11.3 Å². The lowest BCUT2D eigenvalue weighted by atomic mass is 10.2. The number of carbonyl (C=O) groups is 1. The first kappa shape index (κ1) is 17.0. The molecule has 5 nitrogen and oxygen atoms in total. The molecule has 0 bridgehead atoms. The Kier molecular flexibility index (Phi) is 5.64. The number of benzene rings is 1. The minimum atomic E-state index is -0.201. The summed E-state index contributed by atoms with van der Waals surface area (Å²) < 4.78 is 10.7. The average Bonchev–Trinajstić information content (AvgIpc) is 3.20. The zero-order valence-corrected chi connectivity index (χ0v) is 14.6. The highest BCUT2D eigenvalue weighted by molar-refractivity contribution is 7.13. The number of hydrogen-bond donors (Lipinski definition) is 1. The van der Waals surface area contributed by atoms with Crippen LogP contribution in [0.15, 0.2) is 60.2 Å². The van der Waals surface area contributed by atoms with E-state index in [4.69, 9.17) is 9.47 Å². The van der Waals surface area contributed by atoms with Crippen LogP contribution in [-0.2, 0) is 11.3 Å². The summed E-state index contributed by atoms with van der Waals surface area (Å²) in [6.45, 7) is 0.332. The average molecular weight is 354 g/mol. The number of carbonyl (C=O) groups excluding carboxylic acids is 1. The highest BCUT2D eigenvalue weighted by atomic mass is 32.1. The summed E-state index contributed by atoms with van der Waals surface area (Å²) in [6.07, 6.45) is 3.57. The molecule has 128 valence electrons. The number of aromatic nitrogens is 1. The number of para-hydroxylation sites is 2. The van der Waals surface area contributed by atoms with Gasteiger partial charge in [0.2, 0.25) is 0 Å². The second-order valence-corrected chi connectivity index (χ2v) is 6.22. The van der Waals surface area contributed by atoms with E-state index in [-0.39, 0.29) is 12.5 Å². The van der Waals surface area contributed by atoms with Crippen molar-refractivity contribution in [3.8, 4) is 21.9 Å². The van der Waals surface area contributed by atoms with Gasteiger partial charge in [-0.3, -0.25) is 9.78 Å². The largest absolute Gasteiger partial charge is 0.493 e. The number of rotatable bonds is 7. The maximum absolute atomic E-state index is 12.0. The van der Waals surface area contributed by atoms with Crippen molar-refractivity contribution >= 4 is 17.2 Å². The van der Waals surface area contributed by atoms with Crippen LogP contribution in [0.3, 0.4) is 0 Å². The van der Waals surface area contributed by atoms with Gasteiger partial charge in [-0.1, -0.05) is 18.2 Å². The molecule has 0 spiro atoms. The number of hydrogen-bond acceptors (Lipinski definition) is 5. The Morgan fingerprint density at radius 3 is 2.76 bits per heavy atom. The molecular weight excluding hydrogens is 336 g/mol. The predicted octanol–water partition coefficient (Wildman–Crippen LogP) is 3.51. The molecule has 0 saturated heterocycles. The fourth-order valence-electron chi connectivity index (χ4n) is 2.29. The van der Waals surface area contributed by atoms with Crippen LogP contribution in [0.25, 0.3) is 10.4 Å². The lowest BCUT2D eigenvalue weighted by Gasteiger charge is -2.10. The van der Waals surface area contributed by atoms with Crippen molar-refractivity contribution in [3.05, 3.63) is 65.8 Å². The van der Waals surface area contributed by atoms with E-state index in [1.807, 2.05) is 41.9 Å². The van der Waals surface area contributed by atoms with Gasteiger partial charge in [0, 0.05) is 29.4 Å². The number of pyridine rings is 1. The topological polar surface area (TPSA) is 60.5 Å². The lowest BCUT2D eigenvalue weighted by molar-refractivity contribution is -0.123. The standard InChI is InChI=1S/C19H18N2O3S/c1-23-16-5-2-3-6-17(16)24-13-19(22)21-11-14-9-15(12-20-10-14)18-7-4-8-25-18/h2-10,12H,11,13H2,1H3,(H,21,22). The van der Waals surface area contributed by atoms with Gasteiger partial charge in [0.1, 0.15) is 0 Å². The molecule has 3 rings (SSSR count). The Balaban J connectivity index is 1.53. The Morgan fingerprint density at radius 1 is 1.16 bits per heavy atom. The van der Waals surface area contributed by atoms with Crippen molar-refractivity contribution in [1.82, 2.24) is 10.3 Å². The van der Waals surface area contributed by atoms with Crippen LogP contribution in [-0.4, -0.2) is 24.6 Å². The smallest absolute Gasteiger partial charge is 0.258 e. The molecule has 2 aromatic heterocycles. The first-order valence-corrected chi connectivity index (χ1v) is 8.64. The number of methoxy groups -OCH3 is 1. The molecule has 1 aromatic carbocycles.